The number of pyridine rings is 1. The van der Waals surface area contributed by atoms with E-state index in [9.17, 15) is 5.11 Å². The van der Waals surface area contributed by atoms with Gasteiger partial charge in [0, 0.05) is 23.1 Å². The number of rotatable bonds is 3. The molecule has 3 aromatic heterocycles. The number of nitrogens with zero attached hydrogens (tertiary/aromatic N) is 3. The molecular formula is C17H11ClN3OS-. The highest BCUT2D eigenvalue weighted by Crippen LogP contribution is 2.25. The summed E-state index contributed by atoms with van der Waals surface area (Å²) in [7, 11) is 0. The highest BCUT2D eigenvalue weighted by atomic mass is 35.5. The van der Waals surface area contributed by atoms with E-state index in [1.54, 1.807) is 23.2 Å². The molecule has 114 valence electrons. The summed E-state index contributed by atoms with van der Waals surface area (Å²) in [4.78, 5) is 8.60. The second-order valence-electron chi connectivity index (χ2n) is 4.99. The van der Waals surface area contributed by atoms with Crippen LogP contribution in [0.2, 0.25) is 5.02 Å². The molecule has 0 aliphatic heterocycles. The molecule has 0 radical (unpaired) electrons. The van der Waals surface area contributed by atoms with Gasteiger partial charge in [-0.05, 0) is 17.8 Å². The molecule has 0 aliphatic carbocycles. The van der Waals surface area contributed by atoms with E-state index < -0.39 is 0 Å². The van der Waals surface area contributed by atoms with Crippen LogP contribution in [0, 0.1) is 6.23 Å². The van der Waals surface area contributed by atoms with Gasteiger partial charge in [-0.2, -0.15) is 0 Å². The fraction of sp³-hybridized carbons (Fsp3) is 0. The van der Waals surface area contributed by atoms with E-state index in [-0.39, 0.29) is 6.23 Å². The zero-order valence-electron chi connectivity index (χ0n) is 11.8. The van der Waals surface area contributed by atoms with Crippen LogP contribution in [0.25, 0.3) is 21.5 Å². The van der Waals surface area contributed by atoms with Gasteiger partial charge in [0.25, 0.3) is 0 Å². The van der Waals surface area contributed by atoms with E-state index >= 15 is 0 Å². The second kappa shape index (κ2) is 5.70. The van der Waals surface area contributed by atoms with Crippen LogP contribution in [-0.4, -0.2) is 15.1 Å². The molecule has 0 saturated heterocycles. The number of fused-ring (bicyclic) bond motifs is 1. The van der Waals surface area contributed by atoms with Crippen LogP contribution >= 0.6 is 22.9 Å². The second-order valence-corrected chi connectivity index (χ2v) is 6.29. The molecule has 4 aromatic rings. The molecule has 6 heteroatoms. The van der Waals surface area contributed by atoms with Gasteiger partial charge in [0.2, 0.25) is 5.01 Å². The van der Waals surface area contributed by atoms with Crippen molar-refractivity contribution in [3.05, 3.63) is 77.3 Å². The first-order valence-corrected chi connectivity index (χ1v) is 8.17. The predicted molar refractivity (Wildman–Crippen MR) is 89.8 cm³/mol. The molecule has 0 aliphatic rings. The molecule has 0 bridgehead atoms. The van der Waals surface area contributed by atoms with E-state index in [4.69, 9.17) is 11.6 Å². The monoisotopic (exact) mass is 340 g/mol. The van der Waals surface area contributed by atoms with Gasteiger partial charge in [-0.15, -0.1) is 6.07 Å². The Kier molecular flexibility index (Phi) is 3.53. The van der Waals surface area contributed by atoms with Gasteiger partial charge in [0.1, 0.15) is 11.6 Å². The van der Waals surface area contributed by atoms with Gasteiger partial charge in [0.05, 0.1) is 5.52 Å². The number of hydrogen-bond donors (Lipinski definition) is 1. The summed E-state index contributed by atoms with van der Waals surface area (Å²) in [6, 6.07) is 11.3. The average Bonchev–Trinajstić information content (AvgIpc) is 3.22. The summed E-state index contributed by atoms with van der Waals surface area (Å²) in [5, 5.41) is 14.9. The number of hydrogen-bond acceptors (Lipinski definition) is 3. The summed E-state index contributed by atoms with van der Waals surface area (Å²) in [5.41, 5.74) is 2.29. The Balaban J connectivity index is 1.73. The van der Waals surface area contributed by atoms with Crippen molar-refractivity contribution in [3.63, 3.8) is 0 Å². The number of benzene rings is 1. The van der Waals surface area contributed by atoms with Gasteiger partial charge in [-0.25, -0.2) is 0 Å². The van der Waals surface area contributed by atoms with Crippen LogP contribution in [0.15, 0.2) is 60.4 Å². The molecule has 0 amide bonds. The Bertz CT molecular complexity index is 964. The van der Waals surface area contributed by atoms with E-state index in [1.807, 2.05) is 41.8 Å². The summed E-state index contributed by atoms with van der Waals surface area (Å²) < 4.78 is 1.68. The minimum absolute atomic E-state index is 0.0775. The van der Waals surface area contributed by atoms with Crippen molar-refractivity contribution in [3.8, 4) is 10.6 Å². The van der Waals surface area contributed by atoms with Crippen LogP contribution in [-0.2, 0) is 0 Å². The van der Waals surface area contributed by atoms with E-state index in [1.165, 1.54) is 11.3 Å². The number of halogens is 1. The number of aliphatic hydroxyl groups excluding tert-OH is 1. The third-order valence-corrected chi connectivity index (χ3v) is 4.65. The molecule has 4 nitrogen and oxygen atoms in total. The topological polar surface area (TPSA) is 49.9 Å². The molecule has 4 rings (SSSR count). The van der Waals surface area contributed by atoms with E-state index in [0.717, 1.165) is 21.5 Å². The van der Waals surface area contributed by atoms with Crippen LogP contribution in [0.4, 0.5) is 0 Å². The van der Waals surface area contributed by atoms with Crippen molar-refractivity contribution in [2.75, 3.05) is 0 Å². The molecule has 0 fully saturated rings. The quantitative estimate of drug-likeness (QED) is 0.351. The van der Waals surface area contributed by atoms with Gasteiger partial charge in [0.15, 0.2) is 11.3 Å². The fourth-order valence-corrected chi connectivity index (χ4v) is 3.36. The Morgan fingerprint density at radius 2 is 2.17 bits per heavy atom. The molecule has 0 unspecified atom stereocenters. The SMILES string of the molecule is O[C-](c1c[s+][c-](-c2cccnc2)n1)[n+]1ccc2ccc(Cl)c[c-]21. The maximum atomic E-state index is 10.6. The lowest BCUT2D eigenvalue weighted by Crippen LogP contribution is -2.39. The third-order valence-electron chi connectivity index (χ3n) is 3.53. The smallest absolute Gasteiger partial charge is 0.249 e. The Labute approximate surface area is 141 Å². The summed E-state index contributed by atoms with van der Waals surface area (Å²) in [6.07, 6.45) is 5.36. The van der Waals surface area contributed by atoms with Crippen molar-refractivity contribution in [1.82, 2.24) is 9.97 Å². The highest BCUT2D eigenvalue weighted by molar-refractivity contribution is 7.13. The van der Waals surface area contributed by atoms with Crippen molar-refractivity contribution in [2.45, 2.75) is 0 Å². The number of thiazole rings is 1. The van der Waals surface area contributed by atoms with Gasteiger partial charge >= 0.3 is 0 Å². The van der Waals surface area contributed by atoms with Crippen molar-refractivity contribution < 1.29 is 9.67 Å². The number of aromatic nitrogens is 3. The first-order valence-electron chi connectivity index (χ1n) is 6.91. The van der Waals surface area contributed by atoms with Crippen LogP contribution < -0.4 is 4.57 Å². The molecule has 0 atom stereocenters. The molecular weight excluding hydrogens is 330 g/mol. The normalized spacial score (nSPS) is 11.0. The fourth-order valence-electron chi connectivity index (χ4n) is 2.41. The minimum atomic E-state index is 0.0775. The van der Waals surface area contributed by atoms with Crippen molar-refractivity contribution in [1.29, 1.82) is 0 Å². The lowest BCUT2D eigenvalue weighted by Gasteiger charge is -2.15. The average molecular weight is 341 g/mol. The molecule has 1 N–H and O–H groups in total. The maximum absolute atomic E-state index is 10.6. The van der Waals surface area contributed by atoms with Crippen molar-refractivity contribution >= 4 is 33.8 Å². The molecule has 0 saturated carbocycles. The van der Waals surface area contributed by atoms with E-state index in [2.05, 4.69) is 9.97 Å². The molecule has 1 aromatic carbocycles. The van der Waals surface area contributed by atoms with Crippen LogP contribution in [0.3, 0.4) is 0 Å². The predicted octanol–water partition coefficient (Wildman–Crippen LogP) is 3.78. The standard InChI is InChI=1S/C17H11ClN3OS/c18-13-4-3-11-5-7-21(15(11)8-13)17(22)14-10-23-16(20-14)12-2-1-6-19-9-12/h1-10,22H/q-1. The number of aliphatic hydroxyl groups is 1. The van der Waals surface area contributed by atoms with Crippen LogP contribution in [0.5, 0.6) is 0 Å². The highest BCUT2D eigenvalue weighted by Gasteiger charge is 2.16. The third kappa shape index (κ3) is 2.59. The zero-order valence-corrected chi connectivity index (χ0v) is 13.4. The molecule has 23 heavy (non-hydrogen) atoms. The Morgan fingerprint density at radius 1 is 1.26 bits per heavy atom. The van der Waals surface area contributed by atoms with E-state index in [0.29, 0.717) is 10.7 Å². The Hall–Kier alpha value is -2.34. The zero-order chi connectivity index (χ0) is 15.8. The molecule has 3 heterocycles. The van der Waals surface area contributed by atoms with Gasteiger partial charge in [-0.3, -0.25) is 4.98 Å². The minimum Gasteiger partial charge on any atom is -0.404 e. The lowest BCUT2D eigenvalue weighted by atomic mass is 10.2. The summed E-state index contributed by atoms with van der Waals surface area (Å²) >= 11 is 7.52. The maximum Gasteiger partial charge on any atom is 0.249 e. The first kappa shape index (κ1) is 14.3. The first-order chi connectivity index (χ1) is 11.2. The molecule has 0 spiro atoms. The largest absolute Gasteiger partial charge is 0.404 e. The summed E-state index contributed by atoms with van der Waals surface area (Å²) in [6.45, 7) is 0. The van der Waals surface area contributed by atoms with Gasteiger partial charge < -0.3 is 14.7 Å². The van der Waals surface area contributed by atoms with Crippen LogP contribution in [0.1, 0.15) is 5.69 Å². The summed E-state index contributed by atoms with van der Waals surface area (Å²) in [5.74, 6) is 0. The lowest BCUT2D eigenvalue weighted by molar-refractivity contribution is -0.652. The Morgan fingerprint density at radius 3 is 3.00 bits per heavy atom. The van der Waals surface area contributed by atoms with Crippen molar-refractivity contribution in [2.24, 2.45) is 0 Å². The van der Waals surface area contributed by atoms with Gasteiger partial charge in [-0.1, -0.05) is 41.3 Å².